The van der Waals surface area contributed by atoms with Gasteiger partial charge in [0.25, 0.3) is 6.43 Å². The van der Waals surface area contributed by atoms with Gasteiger partial charge in [-0.25, -0.2) is 18.6 Å². The van der Waals surface area contributed by atoms with Gasteiger partial charge >= 0.3 is 11.7 Å². The van der Waals surface area contributed by atoms with Crippen molar-refractivity contribution in [2.24, 2.45) is 0 Å². The van der Waals surface area contributed by atoms with Crippen LogP contribution in [-0.4, -0.2) is 23.0 Å². The summed E-state index contributed by atoms with van der Waals surface area (Å²) in [4.78, 5) is 24.3. The summed E-state index contributed by atoms with van der Waals surface area (Å²) in [7, 11) is 0.982. The number of carbonyl (C=O) groups excluding carboxylic acids is 1. The molecular formula is C9H8F2N2O4. The Kier molecular flexibility index (Phi) is 3.66. The lowest BCUT2D eigenvalue weighted by atomic mass is 10.1. The van der Waals surface area contributed by atoms with E-state index < -0.39 is 34.4 Å². The third-order valence-electron chi connectivity index (χ3n) is 2.01. The van der Waals surface area contributed by atoms with Crippen molar-refractivity contribution in [1.82, 2.24) is 4.98 Å². The van der Waals surface area contributed by atoms with Gasteiger partial charge in [-0.15, -0.1) is 0 Å². The fourth-order valence-corrected chi connectivity index (χ4v) is 1.22. The van der Waals surface area contributed by atoms with Crippen LogP contribution in [0.15, 0.2) is 6.07 Å². The lowest BCUT2D eigenvalue weighted by Crippen LogP contribution is -2.11. The van der Waals surface area contributed by atoms with Crippen molar-refractivity contribution >= 4 is 11.7 Å². The van der Waals surface area contributed by atoms with Crippen LogP contribution in [0.4, 0.5) is 14.5 Å². The number of hydrogen-bond acceptors (Lipinski definition) is 5. The molecule has 0 radical (unpaired) electrons. The van der Waals surface area contributed by atoms with Gasteiger partial charge in [0.15, 0.2) is 0 Å². The Hall–Kier alpha value is -2.12. The van der Waals surface area contributed by atoms with Crippen LogP contribution in [0.3, 0.4) is 0 Å². The molecule has 0 atom stereocenters. The number of carbonyl (C=O) groups is 1. The first-order chi connectivity index (χ1) is 7.88. The molecular weight excluding hydrogens is 238 g/mol. The number of rotatable bonds is 3. The molecule has 0 N–H and O–H groups in total. The number of nitro groups is 1. The second kappa shape index (κ2) is 4.81. The Bertz CT molecular complexity index is 476. The van der Waals surface area contributed by atoms with Crippen LogP contribution < -0.4 is 0 Å². The van der Waals surface area contributed by atoms with E-state index in [1.54, 1.807) is 0 Å². The number of halogens is 2. The van der Waals surface area contributed by atoms with Crippen LogP contribution in [0.25, 0.3) is 0 Å². The maximum atomic E-state index is 12.5. The normalized spacial score (nSPS) is 10.4. The van der Waals surface area contributed by atoms with Gasteiger partial charge in [-0.1, -0.05) is 0 Å². The number of ether oxygens (including phenoxy) is 1. The summed E-state index contributed by atoms with van der Waals surface area (Å²) < 4.78 is 29.3. The fraction of sp³-hybridized carbons (Fsp3) is 0.333. The molecule has 0 saturated carbocycles. The quantitative estimate of drug-likeness (QED) is 0.463. The van der Waals surface area contributed by atoms with Gasteiger partial charge in [-0.3, -0.25) is 10.1 Å². The third-order valence-corrected chi connectivity index (χ3v) is 2.01. The maximum absolute atomic E-state index is 12.5. The van der Waals surface area contributed by atoms with E-state index in [0.29, 0.717) is 0 Å². The van der Waals surface area contributed by atoms with Crippen LogP contribution in [0.1, 0.15) is 28.2 Å². The SMILES string of the molecule is COC(=O)c1nc(C(F)F)c(C)cc1[N+](=O)[O-]. The number of aromatic nitrogens is 1. The smallest absolute Gasteiger partial charge is 0.363 e. The number of nitrogens with zero attached hydrogens (tertiary/aromatic N) is 2. The van der Waals surface area contributed by atoms with Crippen molar-refractivity contribution in [2.75, 3.05) is 7.11 Å². The summed E-state index contributed by atoms with van der Waals surface area (Å²) in [5.74, 6) is -1.13. The predicted molar refractivity (Wildman–Crippen MR) is 51.9 cm³/mol. The number of methoxy groups -OCH3 is 1. The van der Waals surface area contributed by atoms with Crippen LogP contribution in [0.2, 0.25) is 0 Å². The lowest BCUT2D eigenvalue weighted by Gasteiger charge is -2.06. The highest BCUT2D eigenvalue weighted by atomic mass is 19.3. The molecule has 0 aliphatic rings. The standard InChI is InChI=1S/C9H8F2N2O4/c1-4-3-5(13(15)16)7(9(14)17-2)12-6(4)8(10)11/h3,8H,1-2H3. The van der Waals surface area contributed by atoms with E-state index >= 15 is 0 Å². The summed E-state index contributed by atoms with van der Waals surface area (Å²) in [6.07, 6.45) is -2.92. The van der Waals surface area contributed by atoms with Crippen LogP contribution >= 0.6 is 0 Å². The molecule has 0 spiro atoms. The average Bonchev–Trinajstić information content (AvgIpc) is 2.26. The van der Waals surface area contributed by atoms with Gasteiger partial charge in [0.05, 0.1) is 12.0 Å². The second-order valence-electron chi connectivity index (χ2n) is 3.11. The van der Waals surface area contributed by atoms with E-state index in [4.69, 9.17) is 0 Å². The lowest BCUT2D eigenvalue weighted by molar-refractivity contribution is -0.385. The van der Waals surface area contributed by atoms with Crippen LogP contribution in [-0.2, 0) is 4.74 Å². The molecule has 1 aromatic heterocycles. The number of pyridine rings is 1. The van der Waals surface area contributed by atoms with Crippen molar-refractivity contribution < 1.29 is 23.2 Å². The van der Waals surface area contributed by atoms with Crippen molar-refractivity contribution in [1.29, 1.82) is 0 Å². The molecule has 0 amide bonds. The van der Waals surface area contributed by atoms with Crippen LogP contribution in [0, 0.1) is 17.0 Å². The number of esters is 1. The maximum Gasteiger partial charge on any atom is 0.363 e. The first-order valence-corrected chi connectivity index (χ1v) is 4.40. The molecule has 92 valence electrons. The molecule has 6 nitrogen and oxygen atoms in total. The summed E-state index contributed by atoms with van der Waals surface area (Å²) in [5, 5.41) is 10.6. The number of aryl methyl sites for hydroxylation is 1. The third kappa shape index (κ3) is 2.52. The van der Waals surface area contributed by atoms with Gasteiger partial charge in [-0.2, -0.15) is 0 Å². The largest absolute Gasteiger partial charge is 0.464 e. The Balaban J connectivity index is 3.47. The molecule has 0 bridgehead atoms. The van der Waals surface area contributed by atoms with Crippen molar-refractivity contribution in [3.05, 3.63) is 33.1 Å². The van der Waals surface area contributed by atoms with E-state index in [0.717, 1.165) is 13.2 Å². The molecule has 1 rings (SSSR count). The van der Waals surface area contributed by atoms with Gasteiger partial charge in [0.1, 0.15) is 5.69 Å². The minimum Gasteiger partial charge on any atom is -0.464 e. The highest BCUT2D eigenvalue weighted by Crippen LogP contribution is 2.26. The summed E-state index contributed by atoms with van der Waals surface area (Å²) in [5.41, 5.74) is -2.10. The minimum atomic E-state index is -2.92. The van der Waals surface area contributed by atoms with E-state index in [2.05, 4.69) is 9.72 Å². The van der Waals surface area contributed by atoms with Gasteiger partial charge < -0.3 is 4.74 Å². The van der Waals surface area contributed by atoms with E-state index in [1.807, 2.05) is 0 Å². The topological polar surface area (TPSA) is 82.3 Å². The second-order valence-corrected chi connectivity index (χ2v) is 3.11. The summed E-state index contributed by atoms with van der Waals surface area (Å²) >= 11 is 0. The molecule has 1 aromatic rings. The molecule has 0 aliphatic heterocycles. The van der Waals surface area contributed by atoms with E-state index in [1.165, 1.54) is 6.92 Å². The zero-order valence-corrected chi connectivity index (χ0v) is 8.94. The highest BCUT2D eigenvalue weighted by Gasteiger charge is 2.27. The van der Waals surface area contributed by atoms with Gasteiger partial charge in [-0.05, 0) is 12.5 Å². The Morgan fingerprint density at radius 2 is 2.18 bits per heavy atom. The van der Waals surface area contributed by atoms with E-state index in [-0.39, 0.29) is 5.56 Å². The van der Waals surface area contributed by atoms with Crippen molar-refractivity contribution in [3.8, 4) is 0 Å². The number of alkyl halides is 2. The van der Waals surface area contributed by atoms with Crippen molar-refractivity contribution in [2.45, 2.75) is 13.3 Å². The van der Waals surface area contributed by atoms with E-state index in [9.17, 15) is 23.7 Å². The molecule has 0 unspecified atom stereocenters. The summed E-state index contributed by atoms with van der Waals surface area (Å²) in [6.45, 7) is 1.25. The minimum absolute atomic E-state index is 0.0562. The molecule has 0 aromatic carbocycles. The number of hydrogen-bond donors (Lipinski definition) is 0. The monoisotopic (exact) mass is 246 g/mol. The first-order valence-electron chi connectivity index (χ1n) is 4.40. The molecule has 0 aliphatic carbocycles. The molecule has 1 heterocycles. The Morgan fingerprint density at radius 3 is 2.59 bits per heavy atom. The summed E-state index contributed by atoms with van der Waals surface area (Å²) in [6, 6.07) is 0.876. The predicted octanol–water partition coefficient (Wildman–Crippen LogP) is 2.02. The highest BCUT2D eigenvalue weighted by molar-refractivity contribution is 5.91. The molecule has 8 heteroatoms. The van der Waals surface area contributed by atoms with Crippen molar-refractivity contribution in [3.63, 3.8) is 0 Å². The average molecular weight is 246 g/mol. The Morgan fingerprint density at radius 1 is 1.59 bits per heavy atom. The fourth-order valence-electron chi connectivity index (χ4n) is 1.22. The van der Waals surface area contributed by atoms with Gasteiger partial charge in [0, 0.05) is 6.07 Å². The molecule has 0 saturated heterocycles. The first kappa shape index (κ1) is 12.9. The van der Waals surface area contributed by atoms with Crippen LogP contribution in [0.5, 0.6) is 0 Å². The Labute approximate surface area is 94.4 Å². The zero-order chi connectivity index (χ0) is 13.2. The van der Waals surface area contributed by atoms with Gasteiger partial charge in [0.2, 0.25) is 5.69 Å². The molecule has 17 heavy (non-hydrogen) atoms. The zero-order valence-electron chi connectivity index (χ0n) is 8.94. The molecule has 0 fully saturated rings.